The predicted octanol–water partition coefficient (Wildman–Crippen LogP) is 2.42. The van der Waals surface area contributed by atoms with Gasteiger partial charge in [-0.1, -0.05) is 23.2 Å². The van der Waals surface area contributed by atoms with E-state index in [1.54, 1.807) is 0 Å². The van der Waals surface area contributed by atoms with Crippen LogP contribution in [0, 0.1) is 0 Å². The summed E-state index contributed by atoms with van der Waals surface area (Å²) in [4.78, 5) is 14.1. The third-order valence-electron chi connectivity index (χ3n) is 1.46. The monoisotopic (exact) mass is 240 g/mol. The summed E-state index contributed by atoms with van der Waals surface area (Å²) in [7, 11) is 0. The maximum absolute atomic E-state index is 12.3. The highest BCUT2D eigenvalue weighted by molar-refractivity contribution is 6.43. The van der Waals surface area contributed by atoms with Gasteiger partial charge < -0.3 is 5.73 Å². The van der Waals surface area contributed by atoms with E-state index in [2.05, 4.69) is 4.98 Å². The second-order valence-electron chi connectivity index (χ2n) is 2.35. The van der Waals surface area contributed by atoms with Crippen LogP contribution in [0.2, 0.25) is 10.0 Å². The van der Waals surface area contributed by atoms with E-state index in [1.165, 1.54) is 0 Å². The molecule has 0 aromatic carbocycles. The average molecular weight is 241 g/mol. The van der Waals surface area contributed by atoms with E-state index in [0.29, 0.717) is 0 Å². The van der Waals surface area contributed by atoms with Crippen LogP contribution in [0.5, 0.6) is 0 Å². The summed E-state index contributed by atoms with van der Waals surface area (Å²) >= 11 is 11.0. The number of aromatic nitrogens is 1. The highest BCUT2D eigenvalue weighted by Crippen LogP contribution is 2.31. The van der Waals surface area contributed by atoms with Crippen LogP contribution in [0.1, 0.15) is 22.5 Å². The molecule has 14 heavy (non-hydrogen) atoms. The number of amides is 1. The highest BCUT2D eigenvalue weighted by atomic mass is 35.5. The van der Waals surface area contributed by atoms with Crippen molar-refractivity contribution in [1.29, 1.82) is 0 Å². The van der Waals surface area contributed by atoms with Crippen molar-refractivity contribution in [3.63, 3.8) is 0 Å². The molecule has 0 saturated carbocycles. The quantitative estimate of drug-likeness (QED) is 0.864. The fourth-order valence-electron chi connectivity index (χ4n) is 0.879. The standard InChI is InChI=1S/C7H4Cl2F2N2O/c8-2-1-13-5(6(10)11)3(4(2)9)7(12)14/h1,6H,(H2,12,14). The number of pyridine rings is 1. The Morgan fingerprint density at radius 1 is 1.50 bits per heavy atom. The number of nitrogens with two attached hydrogens (primary N) is 1. The Labute approximate surface area is 87.8 Å². The Bertz CT molecular complexity index is 384. The molecule has 0 unspecified atom stereocenters. The van der Waals surface area contributed by atoms with E-state index in [1.807, 2.05) is 0 Å². The Morgan fingerprint density at radius 2 is 2.07 bits per heavy atom. The van der Waals surface area contributed by atoms with E-state index in [-0.39, 0.29) is 10.0 Å². The lowest BCUT2D eigenvalue weighted by Gasteiger charge is -2.07. The first-order valence-corrected chi connectivity index (χ1v) is 4.12. The highest BCUT2D eigenvalue weighted by Gasteiger charge is 2.22. The van der Waals surface area contributed by atoms with Gasteiger partial charge >= 0.3 is 0 Å². The summed E-state index contributed by atoms with van der Waals surface area (Å²) in [6.07, 6.45) is -1.98. The summed E-state index contributed by atoms with van der Waals surface area (Å²) in [5.41, 5.74) is 3.58. The molecular formula is C7H4Cl2F2N2O. The fraction of sp³-hybridized carbons (Fsp3) is 0.143. The van der Waals surface area contributed by atoms with Gasteiger partial charge in [-0.25, -0.2) is 8.78 Å². The van der Waals surface area contributed by atoms with Gasteiger partial charge in [-0.3, -0.25) is 9.78 Å². The largest absolute Gasteiger partial charge is 0.365 e. The maximum atomic E-state index is 12.3. The first-order chi connectivity index (χ1) is 6.45. The smallest absolute Gasteiger partial charge is 0.281 e. The lowest BCUT2D eigenvalue weighted by molar-refractivity contribution is 0.0983. The molecule has 7 heteroatoms. The summed E-state index contributed by atoms with van der Waals surface area (Å²) < 4.78 is 24.7. The first-order valence-electron chi connectivity index (χ1n) is 3.37. The molecule has 1 aromatic rings. The third kappa shape index (κ3) is 1.93. The van der Waals surface area contributed by atoms with Crippen LogP contribution in [0.25, 0.3) is 0 Å². The van der Waals surface area contributed by atoms with Crippen molar-refractivity contribution in [3.05, 3.63) is 27.5 Å². The van der Waals surface area contributed by atoms with E-state index < -0.39 is 23.6 Å². The minimum Gasteiger partial charge on any atom is -0.365 e. The summed E-state index contributed by atoms with van der Waals surface area (Å²) in [6.45, 7) is 0. The molecule has 0 aliphatic rings. The molecular weight excluding hydrogens is 237 g/mol. The Kier molecular flexibility index (Phi) is 3.23. The van der Waals surface area contributed by atoms with Crippen LogP contribution < -0.4 is 5.73 Å². The van der Waals surface area contributed by atoms with Crippen molar-refractivity contribution in [3.8, 4) is 0 Å². The summed E-state index contributed by atoms with van der Waals surface area (Å²) in [5, 5.41) is -0.394. The fourth-order valence-corrected chi connectivity index (χ4v) is 1.26. The molecule has 0 radical (unpaired) electrons. The Hall–Kier alpha value is -0.940. The van der Waals surface area contributed by atoms with Gasteiger partial charge in [-0.2, -0.15) is 0 Å². The predicted molar refractivity (Wildman–Crippen MR) is 47.7 cm³/mol. The molecule has 1 rings (SSSR count). The molecule has 0 saturated heterocycles. The van der Waals surface area contributed by atoms with Crippen molar-refractivity contribution >= 4 is 29.1 Å². The van der Waals surface area contributed by atoms with Crippen molar-refractivity contribution < 1.29 is 13.6 Å². The van der Waals surface area contributed by atoms with Crippen molar-refractivity contribution in [1.82, 2.24) is 4.98 Å². The van der Waals surface area contributed by atoms with Crippen LogP contribution in [0.15, 0.2) is 6.20 Å². The van der Waals surface area contributed by atoms with Crippen molar-refractivity contribution in [2.75, 3.05) is 0 Å². The van der Waals surface area contributed by atoms with E-state index in [9.17, 15) is 13.6 Å². The van der Waals surface area contributed by atoms with Gasteiger partial charge in [0.25, 0.3) is 12.3 Å². The average Bonchev–Trinajstić information content (AvgIpc) is 2.08. The lowest BCUT2D eigenvalue weighted by Crippen LogP contribution is -2.16. The Balaban J connectivity index is 3.45. The van der Waals surface area contributed by atoms with E-state index in [4.69, 9.17) is 28.9 Å². The normalized spacial score (nSPS) is 10.6. The van der Waals surface area contributed by atoms with Crippen LogP contribution in [-0.2, 0) is 0 Å². The molecule has 2 N–H and O–H groups in total. The number of rotatable bonds is 2. The van der Waals surface area contributed by atoms with Gasteiger partial charge in [0.15, 0.2) is 0 Å². The number of nitrogens with zero attached hydrogens (tertiary/aromatic N) is 1. The van der Waals surface area contributed by atoms with Crippen LogP contribution >= 0.6 is 23.2 Å². The number of hydrogen-bond acceptors (Lipinski definition) is 2. The number of primary amides is 1. The number of halogens is 4. The number of alkyl halides is 2. The molecule has 0 fully saturated rings. The topological polar surface area (TPSA) is 56.0 Å². The van der Waals surface area contributed by atoms with E-state index in [0.717, 1.165) is 6.20 Å². The first kappa shape index (κ1) is 11.1. The molecule has 3 nitrogen and oxygen atoms in total. The molecule has 76 valence electrons. The minimum absolute atomic E-state index is 0.0927. The van der Waals surface area contributed by atoms with Crippen molar-refractivity contribution in [2.24, 2.45) is 5.73 Å². The number of carbonyl (C=O) groups is 1. The van der Waals surface area contributed by atoms with Gasteiger partial charge in [0.05, 0.1) is 15.6 Å². The van der Waals surface area contributed by atoms with Crippen LogP contribution in [0.3, 0.4) is 0 Å². The van der Waals surface area contributed by atoms with Gasteiger partial charge in [-0.05, 0) is 0 Å². The molecule has 0 aliphatic heterocycles. The molecule has 0 bridgehead atoms. The zero-order valence-electron chi connectivity index (χ0n) is 6.60. The Morgan fingerprint density at radius 3 is 2.50 bits per heavy atom. The molecule has 0 aliphatic carbocycles. The lowest BCUT2D eigenvalue weighted by atomic mass is 10.2. The number of hydrogen-bond donors (Lipinski definition) is 1. The number of carbonyl (C=O) groups excluding carboxylic acids is 1. The summed E-state index contributed by atoms with van der Waals surface area (Å²) in [6, 6.07) is 0. The minimum atomic E-state index is -2.92. The van der Waals surface area contributed by atoms with Gasteiger partial charge in [-0.15, -0.1) is 0 Å². The van der Waals surface area contributed by atoms with Gasteiger partial charge in [0.1, 0.15) is 5.69 Å². The SMILES string of the molecule is NC(=O)c1c(C(F)F)ncc(Cl)c1Cl. The van der Waals surface area contributed by atoms with Crippen molar-refractivity contribution in [2.45, 2.75) is 6.43 Å². The second-order valence-corrected chi connectivity index (χ2v) is 3.13. The second kappa shape index (κ2) is 4.06. The van der Waals surface area contributed by atoms with Crippen LogP contribution in [-0.4, -0.2) is 10.9 Å². The summed E-state index contributed by atoms with van der Waals surface area (Å²) in [5.74, 6) is -1.08. The molecule has 0 spiro atoms. The van der Waals surface area contributed by atoms with Gasteiger partial charge in [0, 0.05) is 6.20 Å². The van der Waals surface area contributed by atoms with E-state index >= 15 is 0 Å². The maximum Gasteiger partial charge on any atom is 0.281 e. The zero-order valence-corrected chi connectivity index (χ0v) is 8.11. The molecule has 1 amide bonds. The molecule has 1 aromatic heterocycles. The zero-order chi connectivity index (χ0) is 10.9. The molecule has 0 atom stereocenters. The molecule has 1 heterocycles. The van der Waals surface area contributed by atoms with Crippen LogP contribution in [0.4, 0.5) is 8.78 Å². The van der Waals surface area contributed by atoms with Gasteiger partial charge in [0.2, 0.25) is 0 Å². The third-order valence-corrected chi connectivity index (χ3v) is 2.23.